The summed E-state index contributed by atoms with van der Waals surface area (Å²) >= 11 is 3.31. The first kappa shape index (κ1) is 13.5. The number of nitrogens with zero attached hydrogens (tertiary/aromatic N) is 1. The molecule has 1 amide bonds. The predicted octanol–water partition coefficient (Wildman–Crippen LogP) is 2.10. The van der Waals surface area contributed by atoms with Crippen LogP contribution in [0.1, 0.15) is 36.2 Å². The minimum absolute atomic E-state index is 0.0737. The molecule has 0 bridgehead atoms. The van der Waals surface area contributed by atoms with Crippen LogP contribution < -0.4 is 10.6 Å². The van der Waals surface area contributed by atoms with Crippen LogP contribution in [0.3, 0.4) is 0 Å². The second-order valence-corrected chi connectivity index (χ2v) is 5.59. The second-order valence-electron chi connectivity index (χ2n) is 4.67. The van der Waals surface area contributed by atoms with Gasteiger partial charge < -0.3 is 10.6 Å². The van der Waals surface area contributed by atoms with E-state index in [0.29, 0.717) is 11.7 Å². The van der Waals surface area contributed by atoms with E-state index in [1.54, 1.807) is 12.3 Å². The van der Waals surface area contributed by atoms with Crippen LogP contribution in [0.2, 0.25) is 0 Å². The third-order valence-corrected chi connectivity index (χ3v) is 3.90. The fourth-order valence-electron chi connectivity index (χ4n) is 2.30. The van der Waals surface area contributed by atoms with E-state index in [2.05, 4.69) is 31.5 Å². The maximum absolute atomic E-state index is 12.0. The Bertz CT molecular complexity index is 399. The number of carbonyl (C=O) groups excluding carboxylic acids is 1. The van der Waals surface area contributed by atoms with Gasteiger partial charge in [-0.05, 0) is 60.8 Å². The van der Waals surface area contributed by atoms with Crippen molar-refractivity contribution < 1.29 is 4.79 Å². The molecule has 0 spiro atoms. The van der Waals surface area contributed by atoms with Gasteiger partial charge in [-0.1, -0.05) is 0 Å². The number of hydrogen-bond donors (Lipinski definition) is 2. The third kappa shape index (κ3) is 3.53. The third-order valence-electron chi connectivity index (χ3n) is 3.43. The van der Waals surface area contributed by atoms with Crippen LogP contribution in [-0.4, -0.2) is 30.0 Å². The van der Waals surface area contributed by atoms with Crippen LogP contribution in [0.4, 0.5) is 0 Å². The van der Waals surface area contributed by atoms with Gasteiger partial charge in [-0.3, -0.25) is 4.79 Å². The van der Waals surface area contributed by atoms with Gasteiger partial charge in [0.1, 0.15) is 5.69 Å². The summed E-state index contributed by atoms with van der Waals surface area (Å²) in [4.78, 5) is 16.1. The molecular weight excluding hydrogens is 294 g/mol. The highest BCUT2D eigenvalue weighted by molar-refractivity contribution is 9.10. The zero-order valence-electron chi connectivity index (χ0n) is 10.4. The van der Waals surface area contributed by atoms with Gasteiger partial charge in [0.25, 0.3) is 5.91 Å². The summed E-state index contributed by atoms with van der Waals surface area (Å²) in [5, 5.41) is 6.34. The van der Waals surface area contributed by atoms with Crippen molar-refractivity contribution >= 4 is 21.8 Å². The Morgan fingerprint density at radius 3 is 2.50 bits per heavy atom. The van der Waals surface area contributed by atoms with Crippen LogP contribution in [0.25, 0.3) is 0 Å². The molecule has 0 unspecified atom stereocenters. The van der Waals surface area contributed by atoms with E-state index in [9.17, 15) is 4.79 Å². The molecule has 18 heavy (non-hydrogen) atoms. The summed E-state index contributed by atoms with van der Waals surface area (Å²) in [6.45, 7) is 0. The summed E-state index contributed by atoms with van der Waals surface area (Å²) < 4.78 is 0.883. The van der Waals surface area contributed by atoms with Gasteiger partial charge in [-0.15, -0.1) is 0 Å². The number of aromatic nitrogens is 1. The standard InChI is InChI=1S/C13H18BrN3O/c1-15-10-3-5-11(6-4-10)17-13(18)12-7-2-9(14)8-16-12/h2,7-8,10-11,15H,3-6H2,1H3,(H,17,18). The molecule has 5 heteroatoms. The lowest BCUT2D eigenvalue weighted by Crippen LogP contribution is -2.41. The average Bonchev–Trinajstić information content (AvgIpc) is 2.40. The Morgan fingerprint density at radius 1 is 1.28 bits per heavy atom. The molecule has 1 aromatic heterocycles. The van der Waals surface area contributed by atoms with Crippen molar-refractivity contribution in [1.82, 2.24) is 15.6 Å². The molecule has 1 fully saturated rings. The molecule has 4 nitrogen and oxygen atoms in total. The average molecular weight is 312 g/mol. The first-order chi connectivity index (χ1) is 8.69. The molecule has 1 heterocycles. The first-order valence-corrected chi connectivity index (χ1v) is 7.08. The summed E-state index contributed by atoms with van der Waals surface area (Å²) in [6, 6.07) is 4.45. The van der Waals surface area contributed by atoms with Gasteiger partial charge >= 0.3 is 0 Å². The minimum atomic E-state index is -0.0737. The zero-order valence-corrected chi connectivity index (χ0v) is 12.0. The molecule has 2 rings (SSSR count). The van der Waals surface area contributed by atoms with Crippen LogP contribution in [0.5, 0.6) is 0 Å². The number of carbonyl (C=O) groups is 1. The summed E-state index contributed by atoms with van der Waals surface area (Å²) in [5.41, 5.74) is 0.480. The lowest BCUT2D eigenvalue weighted by Gasteiger charge is -2.28. The van der Waals surface area contributed by atoms with Crippen molar-refractivity contribution in [2.45, 2.75) is 37.8 Å². The maximum atomic E-state index is 12.0. The monoisotopic (exact) mass is 311 g/mol. The molecule has 1 saturated carbocycles. The maximum Gasteiger partial charge on any atom is 0.270 e. The number of halogens is 1. The summed E-state index contributed by atoms with van der Waals surface area (Å²) in [7, 11) is 2.00. The molecule has 0 radical (unpaired) electrons. The Hall–Kier alpha value is -0.940. The molecular formula is C13H18BrN3O. The Labute approximate surface area is 116 Å². The summed E-state index contributed by atoms with van der Waals surface area (Å²) in [6.07, 6.45) is 5.96. The highest BCUT2D eigenvalue weighted by atomic mass is 79.9. The lowest BCUT2D eigenvalue weighted by molar-refractivity contribution is 0.0919. The second kappa shape index (κ2) is 6.29. The van der Waals surface area contributed by atoms with Crippen molar-refractivity contribution in [2.24, 2.45) is 0 Å². The predicted molar refractivity (Wildman–Crippen MR) is 74.5 cm³/mol. The molecule has 1 aliphatic rings. The number of rotatable bonds is 3. The van der Waals surface area contributed by atoms with Crippen LogP contribution >= 0.6 is 15.9 Å². The quantitative estimate of drug-likeness (QED) is 0.899. The van der Waals surface area contributed by atoms with Crippen molar-refractivity contribution in [2.75, 3.05) is 7.05 Å². The van der Waals surface area contributed by atoms with Crippen LogP contribution in [0.15, 0.2) is 22.8 Å². The molecule has 0 atom stereocenters. The molecule has 98 valence electrons. The van der Waals surface area contributed by atoms with E-state index in [0.717, 1.165) is 30.2 Å². The van der Waals surface area contributed by atoms with Gasteiger partial charge in [0, 0.05) is 22.8 Å². The van der Waals surface area contributed by atoms with E-state index in [-0.39, 0.29) is 11.9 Å². The lowest BCUT2D eigenvalue weighted by atomic mass is 9.91. The Morgan fingerprint density at radius 2 is 1.94 bits per heavy atom. The molecule has 2 N–H and O–H groups in total. The SMILES string of the molecule is CNC1CCC(NC(=O)c2ccc(Br)cn2)CC1. The zero-order chi connectivity index (χ0) is 13.0. The van der Waals surface area contributed by atoms with E-state index < -0.39 is 0 Å². The first-order valence-electron chi connectivity index (χ1n) is 6.28. The highest BCUT2D eigenvalue weighted by Crippen LogP contribution is 2.18. The number of hydrogen-bond acceptors (Lipinski definition) is 3. The van der Waals surface area contributed by atoms with E-state index >= 15 is 0 Å². The van der Waals surface area contributed by atoms with Gasteiger partial charge in [-0.25, -0.2) is 4.98 Å². The van der Waals surface area contributed by atoms with E-state index in [1.165, 1.54) is 0 Å². The Balaban J connectivity index is 1.86. The molecule has 0 aromatic carbocycles. The van der Waals surface area contributed by atoms with E-state index in [1.807, 2.05) is 13.1 Å². The number of nitrogens with one attached hydrogen (secondary N) is 2. The fraction of sp³-hybridized carbons (Fsp3) is 0.538. The van der Waals surface area contributed by atoms with Crippen LogP contribution in [-0.2, 0) is 0 Å². The molecule has 1 aromatic rings. The van der Waals surface area contributed by atoms with Crippen LogP contribution in [0, 0.1) is 0 Å². The van der Waals surface area contributed by atoms with Crippen molar-refractivity contribution in [1.29, 1.82) is 0 Å². The largest absolute Gasteiger partial charge is 0.348 e. The molecule has 0 aliphatic heterocycles. The van der Waals surface area contributed by atoms with Gasteiger partial charge in [0.2, 0.25) is 0 Å². The minimum Gasteiger partial charge on any atom is -0.348 e. The number of pyridine rings is 1. The number of amides is 1. The van der Waals surface area contributed by atoms with Crippen molar-refractivity contribution in [3.05, 3.63) is 28.5 Å². The normalized spacial score (nSPS) is 23.7. The fourth-order valence-corrected chi connectivity index (χ4v) is 2.53. The summed E-state index contributed by atoms with van der Waals surface area (Å²) in [5.74, 6) is -0.0737. The smallest absolute Gasteiger partial charge is 0.270 e. The van der Waals surface area contributed by atoms with Gasteiger partial charge in [0.15, 0.2) is 0 Å². The Kier molecular flexibility index (Phi) is 4.72. The van der Waals surface area contributed by atoms with E-state index in [4.69, 9.17) is 0 Å². The van der Waals surface area contributed by atoms with Gasteiger partial charge in [0.05, 0.1) is 0 Å². The van der Waals surface area contributed by atoms with Crippen molar-refractivity contribution in [3.63, 3.8) is 0 Å². The topological polar surface area (TPSA) is 54.0 Å². The molecule has 1 aliphatic carbocycles. The van der Waals surface area contributed by atoms with Crippen molar-refractivity contribution in [3.8, 4) is 0 Å². The van der Waals surface area contributed by atoms with Gasteiger partial charge in [-0.2, -0.15) is 0 Å². The highest BCUT2D eigenvalue weighted by Gasteiger charge is 2.21. The molecule has 0 saturated heterocycles.